The monoisotopic (exact) mass is 265 g/mol. The molecule has 1 heterocycles. The number of alkyl halides is 3. The highest BCUT2D eigenvalue weighted by Gasteiger charge is 2.31. The van der Waals surface area contributed by atoms with E-state index in [1.807, 2.05) is 19.1 Å². The van der Waals surface area contributed by atoms with Gasteiger partial charge in [-0.05, 0) is 13.0 Å². The number of pyridine rings is 1. The number of aromatic nitrogens is 1. The van der Waals surface area contributed by atoms with Gasteiger partial charge in [0.15, 0.2) is 6.29 Å². The fraction of sp³-hybridized carbons (Fsp3) is 0.143. The average molecular weight is 265 g/mol. The summed E-state index contributed by atoms with van der Waals surface area (Å²) in [6.45, 7) is 1.89. The number of carbonyl (C=O) groups excluding carboxylic acids is 1. The van der Waals surface area contributed by atoms with Crippen LogP contribution in [0.25, 0.3) is 11.3 Å². The second kappa shape index (κ2) is 4.84. The Labute approximate surface area is 107 Å². The topological polar surface area (TPSA) is 30.0 Å². The highest BCUT2D eigenvalue weighted by atomic mass is 19.4. The van der Waals surface area contributed by atoms with E-state index in [0.717, 1.165) is 17.8 Å². The second-order valence-electron chi connectivity index (χ2n) is 4.14. The molecule has 0 saturated heterocycles. The van der Waals surface area contributed by atoms with Crippen LogP contribution in [0.1, 0.15) is 21.5 Å². The second-order valence-corrected chi connectivity index (χ2v) is 4.14. The van der Waals surface area contributed by atoms with E-state index in [9.17, 15) is 18.0 Å². The number of hydrogen-bond donors (Lipinski definition) is 0. The lowest BCUT2D eigenvalue weighted by Crippen LogP contribution is -2.07. The Kier molecular flexibility index (Phi) is 3.38. The minimum Gasteiger partial charge on any atom is -0.298 e. The van der Waals surface area contributed by atoms with E-state index in [1.165, 1.54) is 0 Å². The molecule has 5 heteroatoms. The summed E-state index contributed by atoms with van der Waals surface area (Å²) >= 11 is 0. The number of aryl methyl sites for hydroxylation is 1. The Hall–Kier alpha value is -2.17. The fourth-order valence-electron chi connectivity index (χ4n) is 1.68. The van der Waals surface area contributed by atoms with Crippen molar-refractivity contribution in [2.75, 3.05) is 0 Å². The summed E-state index contributed by atoms with van der Waals surface area (Å²) in [5.41, 5.74) is 0.886. The van der Waals surface area contributed by atoms with Gasteiger partial charge in [-0.2, -0.15) is 13.2 Å². The Balaban J connectivity index is 2.53. The third-order valence-electron chi connectivity index (χ3n) is 2.70. The first-order valence-corrected chi connectivity index (χ1v) is 5.51. The molecule has 19 heavy (non-hydrogen) atoms. The lowest BCUT2D eigenvalue weighted by molar-refractivity contribution is -0.137. The number of benzene rings is 1. The van der Waals surface area contributed by atoms with Crippen LogP contribution in [0.3, 0.4) is 0 Å². The summed E-state index contributed by atoms with van der Waals surface area (Å²) in [6.07, 6.45) is -3.38. The third-order valence-corrected chi connectivity index (χ3v) is 2.70. The Morgan fingerprint density at radius 3 is 2.32 bits per heavy atom. The number of aldehydes is 1. The van der Waals surface area contributed by atoms with Crippen molar-refractivity contribution in [2.45, 2.75) is 13.1 Å². The fourth-order valence-corrected chi connectivity index (χ4v) is 1.68. The Morgan fingerprint density at radius 1 is 1.16 bits per heavy atom. The standard InChI is InChI=1S/C14H10F3NO/c1-9-2-4-10(5-3-9)13-11(8-19)6-12(7-18-13)14(15,16)17/h2-8H,1H3. The molecule has 1 aromatic heterocycles. The van der Waals surface area contributed by atoms with Crippen LogP contribution < -0.4 is 0 Å². The molecular formula is C14H10F3NO. The molecule has 0 N–H and O–H groups in total. The van der Waals surface area contributed by atoms with Crippen molar-refractivity contribution in [1.82, 2.24) is 4.98 Å². The van der Waals surface area contributed by atoms with Crippen molar-refractivity contribution in [3.63, 3.8) is 0 Å². The molecule has 0 fully saturated rings. The van der Waals surface area contributed by atoms with Gasteiger partial charge in [0.05, 0.1) is 11.3 Å². The van der Waals surface area contributed by atoms with Crippen LogP contribution >= 0.6 is 0 Å². The van der Waals surface area contributed by atoms with Crippen LogP contribution in [0, 0.1) is 6.92 Å². The molecule has 0 atom stereocenters. The lowest BCUT2D eigenvalue weighted by atomic mass is 10.0. The minimum absolute atomic E-state index is 0.0707. The first-order chi connectivity index (χ1) is 8.91. The molecule has 0 saturated carbocycles. The van der Waals surface area contributed by atoms with E-state index in [2.05, 4.69) is 4.98 Å². The van der Waals surface area contributed by atoms with Crippen LogP contribution in [0.2, 0.25) is 0 Å². The zero-order valence-electron chi connectivity index (χ0n) is 10.0. The Bertz CT molecular complexity index is 603. The highest BCUT2D eigenvalue weighted by Crippen LogP contribution is 2.31. The summed E-state index contributed by atoms with van der Waals surface area (Å²) in [5.74, 6) is 0. The molecule has 2 nitrogen and oxygen atoms in total. The van der Waals surface area contributed by atoms with Crippen LogP contribution in [-0.2, 0) is 6.18 Å². The molecule has 0 radical (unpaired) electrons. The van der Waals surface area contributed by atoms with Gasteiger partial charge >= 0.3 is 6.18 Å². The van der Waals surface area contributed by atoms with Gasteiger partial charge in [-0.3, -0.25) is 9.78 Å². The Morgan fingerprint density at radius 2 is 1.79 bits per heavy atom. The van der Waals surface area contributed by atoms with Gasteiger partial charge in [0.1, 0.15) is 0 Å². The molecule has 0 aliphatic carbocycles. The van der Waals surface area contributed by atoms with Crippen LogP contribution in [0.5, 0.6) is 0 Å². The van der Waals surface area contributed by atoms with Crippen molar-refractivity contribution >= 4 is 6.29 Å². The summed E-state index contributed by atoms with van der Waals surface area (Å²) in [7, 11) is 0. The maximum Gasteiger partial charge on any atom is 0.417 e. The van der Waals surface area contributed by atoms with E-state index in [1.54, 1.807) is 12.1 Å². The normalized spacial score (nSPS) is 11.4. The maximum absolute atomic E-state index is 12.5. The molecule has 0 aliphatic heterocycles. The van der Waals surface area contributed by atoms with Crippen molar-refractivity contribution in [3.05, 3.63) is 53.2 Å². The third kappa shape index (κ3) is 2.81. The molecule has 0 bridgehead atoms. The van der Waals surface area contributed by atoms with Gasteiger partial charge in [0.2, 0.25) is 0 Å². The van der Waals surface area contributed by atoms with E-state index in [4.69, 9.17) is 0 Å². The van der Waals surface area contributed by atoms with Gasteiger partial charge < -0.3 is 0 Å². The zero-order chi connectivity index (χ0) is 14.0. The van der Waals surface area contributed by atoms with Crippen molar-refractivity contribution in [3.8, 4) is 11.3 Å². The van der Waals surface area contributed by atoms with Gasteiger partial charge in [-0.25, -0.2) is 0 Å². The van der Waals surface area contributed by atoms with E-state index in [0.29, 0.717) is 11.8 Å². The first kappa shape index (κ1) is 13.3. The predicted octanol–water partition coefficient (Wildman–Crippen LogP) is 3.89. The van der Waals surface area contributed by atoms with Crippen LogP contribution in [0.15, 0.2) is 36.5 Å². The number of hydrogen-bond acceptors (Lipinski definition) is 2. The summed E-state index contributed by atoms with van der Waals surface area (Å²) < 4.78 is 37.6. The van der Waals surface area contributed by atoms with Crippen LogP contribution in [-0.4, -0.2) is 11.3 Å². The smallest absolute Gasteiger partial charge is 0.298 e. The van der Waals surface area contributed by atoms with Gasteiger partial charge in [0, 0.05) is 17.3 Å². The predicted molar refractivity (Wildman–Crippen MR) is 64.8 cm³/mol. The van der Waals surface area contributed by atoms with Crippen molar-refractivity contribution in [1.29, 1.82) is 0 Å². The maximum atomic E-state index is 12.5. The van der Waals surface area contributed by atoms with E-state index in [-0.39, 0.29) is 11.3 Å². The molecular weight excluding hydrogens is 255 g/mol. The summed E-state index contributed by atoms with van der Waals surface area (Å²) in [4.78, 5) is 14.7. The molecule has 0 unspecified atom stereocenters. The molecule has 98 valence electrons. The van der Waals surface area contributed by atoms with Gasteiger partial charge in [-0.15, -0.1) is 0 Å². The van der Waals surface area contributed by atoms with Crippen LogP contribution in [0.4, 0.5) is 13.2 Å². The summed E-state index contributed by atoms with van der Waals surface area (Å²) in [6, 6.07) is 7.87. The molecule has 2 rings (SSSR count). The molecule has 1 aromatic carbocycles. The van der Waals surface area contributed by atoms with Crippen molar-refractivity contribution < 1.29 is 18.0 Å². The number of halogens is 3. The molecule has 0 amide bonds. The van der Waals surface area contributed by atoms with Crippen molar-refractivity contribution in [2.24, 2.45) is 0 Å². The first-order valence-electron chi connectivity index (χ1n) is 5.51. The zero-order valence-corrected chi connectivity index (χ0v) is 10.0. The SMILES string of the molecule is Cc1ccc(-c2ncc(C(F)(F)F)cc2C=O)cc1. The van der Waals surface area contributed by atoms with E-state index >= 15 is 0 Å². The number of carbonyl (C=O) groups is 1. The minimum atomic E-state index is -4.50. The van der Waals surface area contributed by atoms with Gasteiger partial charge in [0.25, 0.3) is 0 Å². The quantitative estimate of drug-likeness (QED) is 0.771. The largest absolute Gasteiger partial charge is 0.417 e. The average Bonchev–Trinajstić information content (AvgIpc) is 2.38. The number of rotatable bonds is 2. The summed E-state index contributed by atoms with van der Waals surface area (Å²) in [5, 5.41) is 0. The number of nitrogens with zero attached hydrogens (tertiary/aromatic N) is 1. The highest BCUT2D eigenvalue weighted by molar-refractivity contribution is 5.85. The molecule has 2 aromatic rings. The van der Waals surface area contributed by atoms with Gasteiger partial charge in [-0.1, -0.05) is 29.8 Å². The molecule has 0 aliphatic rings. The molecule has 0 spiro atoms. The lowest BCUT2D eigenvalue weighted by Gasteiger charge is -2.09. The van der Waals surface area contributed by atoms with E-state index < -0.39 is 11.7 Å².